The third-order valence-corrected chi connectivity index (χ3v) is 6.50. The Kier molecular flexibility index (Phi) is 5.85. The minimum absolute atomic E-state index is 0.0484. The first-order valence-corrected chi connectivity index (χ1v) is 11.2. The van der Waals surface area contributed by atoms with Gasteiger partial charge in [-0.1, -0.05) is 11.6 Å². The molecule has 1 saturated heterocycles. The molecule has 0 radical (unpaired) electrons. The van der Waals surface area contributed by atoms with E-state index in [2.05, 4.69) is 5.32 Å². The SMILES string of the molecule is Cc1ccc2c(c1)C(=O)N(CCCC(=O)NC1CCN(S(C)(=O)=O)CC1)C2=O. The second-order valence-corrected chi connectivity index (χ2v) is 9.40. The van der Waals surface area contributed by atoms with E-state index in [-0.39, 0.29) is 36.7 Å². The van der Waals surface area contributed by atoms with E-state index < -0.39 is 10.0 Å². The van der Waals surface area contributed by atoms with E-state index in [4.69, 9.17) is 0 Å². The van der Waals surface area contributed by atoms with Gasteiger partial charge in [0.1, 0.15) is 0 Å². The van der Waals surface area contributed by atoms with Crippen LogP contribution in [-0.2, 0) is 14.8 Å². The lowest BCUT2D eigenvalue weighted by molar-refractivity contribution is -0.122. The van der Waals surface area contributed by atoms with Crippen molar-refractivity contribution >= 4 is 27.7 Å². The van der Waals surface area contributed by atoms with Gasteiger partial charge < -0.3 is 5.32 Å². The number of piperidine rings is 1. The Morgan fingerprint density at radius 2 is 1.79 bits per heavy atom. The van der Waals surface area contributed by atoms with Gasteiger partial charge in [0.05, 0.1) is 17.4 Å². The maximum atomic E-state index is 12.4. The van der Waals surface area contributed by atoms with E-state index in [1.807, 2.05) is 6.92 Å². The van der Waals surface area contributed by atoms with Crippen molar-refractivity contribution in [1.29, 1.82) is 0 Å². The molecule has 3 rings (SSSR count). The van der Waals surface area contributed by atoms with E-state index >= 15 is 0 Å². The van der Waals surface area contributed by atoms with Crippen LogP contribution in [0.25, 0.3) is 0 Å². The summed E-state index contributed by atoms with van der Waals surface area (Å²) in [5, 5.41) is 2.91. The second kappa shape index (κ2) is 8.00. The number of aryl methyl sites for hydroxylation is 1. The summed E-state index contributed by atoms with van der Waals surface area (Å²) in [7, 11) is -3.19. The highest BCUT2D eigenvalue weighted by atomic mass is 32.2. The fraction of sp³-hybridized carbons (Fsp3) is 0.526. The number of carbonyl (C=O) groups is 3. The van der Waals surface area contributed by atoms with Crippen molar-refractivity contribution in [2.45, 2.75) is 38.6 Å². The van der Waals surface area contributed by atoms with Crippen molar-refractivity contribution in [3.63, 3.8) is 0 Å². The molecular formula is C19H25N3O5S. The van der Waals surface area contributed by atoms with Crippen molar-refractivity contribution in [3.05, 3.63) is 34.9 Å². The summed E-state index contributed by atoms with van der Waals surface area (Å²) < 4.78 is 24.4. The quantitative estimate of drug-likeness (QED) is 0.706. The normalized spacial score (nSPS) is 18.4. The van der Waals surface area contributed by atoms with Crippen molar-refractivity contribution in [2.75, 3.05) is 25.9 Å². The number of amides is 3. The summed E-state index contributed by atoms with van der Waals surface area (Å²) in [6.45, 7) is 2.87. The van der Waals surface area contributed by atoms with Crippen LogP contribution in [0.5, 0.6) is 0 Å². The molecule has 1 aromatic rings. The van der Waals surface area contributed by atoms with E-state index in [1.165, 1.54) is 15.5 Å². The molecule has 0 unspecified atom stereocenters. The van der Waals surface area contributed by atoms with Gasteiger partial charge in [-0.05, 0) is 38.3 Å². The number of hydrogen-bond acceptors (Lipinski definition) is 5. The van der Waals surface area contributed by atoms with Gasteiger partial charge in [0, 0.05) is 32.1 Å². The molecular weight excluding hydrogens is 382 g/mol. The number of rotatable bonds is 6. The van der Waals surface area contributed by atoms with Crippen molar-refractivity contribution < 1.29 is 22.8 Å². The Bertz CT molecular complexity index is 904. The molecule has 28 heavy (non-hydrogen) atoms. The van der Waals surface area contributed by atoms with Crippen LogP contribution in [0.4, 0.5) is 0 Å². The summed E-state index contributed by atoms with van der Waals surface area (Å²) in [5.74, 6) is -0.768. The maximum Gasteiger partial charge on any atom is 0.261 e. The summed E-state index contributed by atoms with van der Waals surface area (Å²) >= 11 is 0. The molecule has 2 heterocycles. The Labute approximate surface area is 164 Å². The average molecular weight is 407 g/mol. The molecule has 0 aromatic heterocycles. The fourth-order valence-electron chi connectivity index (χ4n) is 3.64. The third-order valence-electron chi connectivity index (χ3n) is 5.20. The second-order valence-electron chi connectivity index (χ2n) is 7.42. The molecule has 8 nitrogen and oxygen atoms in total. The molecule has 3 amide bonds. The first kappa shape index (κ1) is 20.5. The highest BCUT2D eigenvalue weighted by Gasteiger charge is 2.35. The molecule has 0 atom stereocenters. The van der Waals surface area contributed by atoms with Gasteiger partial charge in [0.15, 0.2) is 0 Å². The van der Waals surface area contributed by atoms with Crippen LogP contribution in [0, 0.1) is 6.92 Å². The molecule has 1 aromatic carbocycles. The standard InChI is InChI=1S/C19H25N3O5S/c1-13-5-6-15-16(12-13)19(25)22(18(15)24)9-3-4-17(23)20-14-7-10-21(11-8-14)28(2,26)27/h5-6,12,14H,3-4,7-11H2,1-2H3,(H,20,23). The predicted octanol–water partition coefficient (Wildman–Crippen LogP) is 0.911. The Balaban J connectivity index is 1.44. The number of nitrogens with zero attached hydrogens (tertiary/aromatic N) is 2. The van der Waals surface area contributed by atoms with Crippen molar-refractivity contribution in [3.8, 4) is 0 Å². The Morgan fingerprint density at radius 3 is 2.43 bits per heavy atom. The van der Waals surface area contributed by atoms with Crippen LogP contribution in [0.3, 0.4) is 0 Å². The predicted molar refractivity (Wildman–Crippen MR) is 103 cm³/mol. The van der Waals surface area contributed by atoms with Gasteiger partial charge in [-0.3, -0.25) is 19.3 Å². The molecule has 2 aliphatic heterocycles. The zero-order valence-electron chi connectivity index (χ0n) is 16.1. The lowest BCUT2D eigenvalue weighted by Gasteiger charge is -2.30. The first-order chi connectivity index (χ1) is 13.2. The topological polar surface area (TPSA) is 104 Å². The maximum absolute atomic E-state index is 12.4. The molecule has 0 spiro atoms. The third kappa shape index (κ3) is 4.41. The minimum atomic E-state index is -3.19. The summed E-state index contributed by atoms with van der Waals surface area (Å²) in [5.41, 5.74) is 1.76. The summed E-state index contributed by atoms with van der Waals surface area (Å²) in [6.07, 6.45) is 2.94. The molecule has 2 aliphatic rings. The molecule has 152 valence electrons. The summed E-state index contributed by atoms with van der Waals surface area (Å²) in [4.78, 5) is 38.1. The van der Waals surface area contributed by atoms with Crippen LogP contribution >= 0.6 is 0 Å². The number of benzene rings is 1. The van der Waals surface area contributed by atoms with E-state index in [1.54, 1.807) is 18.2 Å². The van der Waals surface area contributed by atoms with Gasteiger partial charge in [0.25, 0.3) is 11.8 Å². The van der Waals surface area contributed by atoms with Crippen LogP contribution < -0.4 is 5.32 Å². The molecule has 0 saturated carbocycles. The van der Waals surface area contributed by atoms with Crippen LogP contribution in [0.1, 0.15) is 52.0 Å². The molecule has 1 N–H and O–H groups in total. The largest absolute Gasteiger partial charge is 0.353 e. The monoisotopic (exact) mass is 407 g/mol. The van der Waals surface area contributed by atoms with Gasteiger partial charge in [-0.15, -0.1) is 0 Å². The zero-order chi connectivity index (χ0) is 20.5. The Morgan fingerprint density at radius 1 is 1.14 bits per heavy atom. The minimum Gasteiger partial charge on any atom is -0.353 e. The first-order valence-electron chi connectivity index (χ1n) is 9.38. The van der Waals surface area contributed by atoms with Crippen molar-refractivity contribution in [1.82, 2.24) is 14.5 Å². The fourth-order valence-corrected chi connectivity index (χ4v) is 4.51. The highest BCUT2D eigenvalue weighted by molar-refractivity contribution is 7.88. The van der Waals surface area contributed by atoms with Crippen LogP contribution in [-0.4, -0.2) is 67.3 Å². The molecule has 1 fully saturated rings. The average Bonchev–Trinajstić information content (AvgIpc) is 2.85. The number of nitrogens with one attached hydrogen (secondary N) is 1. The Hall–Kier alpha value is -2.26. The van der Waals surface area contributed by atoms with Crippen molar-refractivity contribution in [2.24, 2.45) is 0 Å². The summed E-state index contributed by atoms with van der Waals surface area (Å²) in [6, 6.07) is 5.13. The highest BCUT2D eigenvalue weighted by Crippen LogP contribution is 2.24. The van der Waals surface area contributed by atoms with Gasteiger partial charge in [-0.2, -0.15) is 0 Å². The van der Waals surface area contributed by atoms with Gasteiger partial charge in [0.2, 0.25) is 15.9 Å². The van der Waals surface area contributed by atoms with Gasteiger partial charge in [-0.25, -0.2) is 12.7 Å². The van der Waals surface area contributed by atoms with E-state index in [0.29, 0.717) is 43.5 Å². The zero-order valence-corrected chi connectivity index (χ0v) is 16.9. The lowest BCUT2D eigenvalue weighted by atomic mass is 10.1. The number of hydrogen-bond donors (Lipinski definition) is 1. The number of carbonyl (C=O) groups excluding carboxylic acids is 3. The smallest absolute Gasteiger partial charge is 0.261 e. The van der Waals surface area contributed by atoms with Crippen LogP contribution in [0.2, 0.25) is 0 Å². The van der Waals surface area contributed by atoms with Crippen LogP contribution in [0.15, 0.2) is 18.2 Å². The van der Waals surface area contributed by atoms with E-state index in [0.717, 1.165) is 5.56 Å². The lowest BCUT2D eigenvalue weighted by Crippen LogP contribution is -2.46. The number of sulfonamides is 1. The molecule has 0 bridgehead atoms. The van der Waals surface area contributed by atoms with Gasteiger partial charge >= 0.3 is 0 Å². The van der Waals surface area contributed by atoms with E-state index in [9.17, 15) is 22.8 Å². The number of imide groups is 1. The molecule has 0 aliphatic carbocycles. The molecule has 9 heteroatoms. The number of fused-ring (bicyclic) bond motifs is 1.